The maximum atomic E-state index is 13.1. The third-order valence-corrected chi connectivity index (χ3v) is 3.92. The SMILES string of the molecule is O=C1Nc2c(cccc2C(F)(F)F)C1=Cc1ccc2cn[nH]c2c1. The van der Waals surface area contributed by atoms with Gasteiger partial charge in [-0.15, -0.1) is 0 Å². The molecule has 3 aromatic rings. The molecule has 0 saturated carbocycles. The average Bonchev–Trinajstić information content (AvgIpc) is 3.10. The van der Waals surface area contributed by atoms with Gasteiger partial charge in [0, 0.05) is 16.5 Å². The molecule has 0 radical (unpaired) electrons. The van der Waals surface area contributed by atoms with Crippen molar-refractivity contribution in [2.45, 2.75) is 6.18 Å². The highest BCUT2D eigenvalue weighted by Crippen LogP contribution is 2.42. The van der Waals surface area contributed by atoms with E-state index in [0.29, 0.717) is 5.56 Å². The van der Waals surface area contributed by atoms with Gasteiger partial charge in [-0.2, -0.15) is 18.3 Å². The van der Waals surface area contributed by atoms with Gasteiger partial charge < -0.3 is 5.32 Å². The molecule has 0 bridgehead atoms. The van der Waals surface area contributed by atoms with Gasteiger partial charge in [0.2, 0.25) is 0 Å². The van der Waals surface area contributed by atoms with Crippen LogP contribution in [0.4, 0.5) is 18.9 Å². The summed E-state index contributed by atoms with van der Waals surface area (Å²) in [5, 5.41) is 9.97. The molecule has 4 nitrogen and oxygen atoms in total. The van der Waals surface area contributed by atoms with Crippen LogP contribution in [0.1, 0.15) is 16.7 Å². The van der Waals surface area contributed by atoms with Crippen LogP contribution < -0.4 is 5.32 Å². The van der Waals surface area contributed by atoms with Crippen molar-refractivity contribution < 1.29 is 18.0 Å². The lowest BCUT2D eigenvalue weighted by Crippen LogP contribution is -2.10. The van der Waals surface area contributed by atoms with Crippen LogP contribution in [0.15, 0.2) is 42.6 Å². The molecule has 2 N–H and O–H groups in total. The number of halogens is 3. The summed E-state index contributed by atoms with van der Waals surface area (Å²) in [6.45, 7) is 0. The fourth-order valence-corrected chi connectivity index (χ4v) is 2.81. The van der Waals surface area contributed by atoms with Gasteiger partial charge in [-0.25, -0.2) is 0 Å². The number of H-pyrrole nitrogens is 1. The molecule has 120 valence electrons. The quantitative estimate of drug-likeness (QED) is 0.661. The summed E-state index contributed by atoms with van der Waals surface area (Å²) in [5.41, 5.74) is 0.897. The highest BCUT2D eigenvalue weighted by Gasteiger charge is 2.38. The summed E-state index contributed by atoms with van der Waals surface area (Å²) < 4.78 is 39.2. The van der Waals surface area contributed by atoms with E-state index in [2.05, 4.69) is 15.5 Å². The number of hydrogen-bond acceptors (Lipinski definition) is 2. The van der Waals surface area contributed by atoms with Crippen LogP contribution in [0.25, 0.3) is 22.6 Å². The van der Waals surface area contributed by atoms with E-state index in [9.17, 15) is 18.0 Å². The Morgan fingerprint density at radius 2 is 1.96 bits per heavy atom. The first kappa shape index (κ1) is 14.5. The number of benzene rings is 2. The van der Waals surface area contributed by atoms with Crippen molar-refractivity contribution in [2.75, 3.05) is 5.32 Å². The molecule has 1 aliphatic rings. The molecule has 0 unspecified atom stereocenters. The number of alkyl halides is 3. The molecule has 0 fully saturated rings. The zero-order chi connectivity index (χ0) is 16.9. The normalized spacial score (nSPS) is 15.8. The van der Waals surface area contributed by atoms with E-state index in [1.54, 1.807) is 24.4 Å². The second-order valence-corrected chi connectivity index (χ2v) is 5.45. The number of nitrogens with one attached hydrogen (secondary N) is 2. The summed E-state index contributed by atoms with van der Waals surface area (Å²) in [6, 6.07) is 9.15. The van der Waals surface area contributed by atoms with Gasteiger partial charge in [0.1, 0.15) is 0 Å². The number of hydrogen-bond donors (Lipinski definition) is 2. The Hall–Kier alpha value is -3.09. The van der Waals surface area contributed by atoms with E-state index < -0.39 is 17.6 Å². The second-order valence-electron chi connectivity index (χ2n) is 5.45. The summed E-state index contributed by atoms with van der Waals surface area (Å²) >= 11 is 0. The third kappa shape index (κ3) is 2.25. The number of fused-ring (bicyclic) bond motifs is 2. The first-order chi connectivity index (χ1) is 11.4. The standard InChI is InChI=1S/C17H10F3N3O/c18-17(19,20)13-3-1-2-11-12(16(24)22-15(11)13)6-9-4-5-10-8-21-23-14(10)7-9/h1-8H,(H,21,23)(H,22,24). The molecule has 1 aliphatic heterocycles. The van der Waals surface area contributed by atoms with Gasteiger partial charge in [-0.3, -0.25) is 9.89 Å². The van der Waals surface area contributed by atoms with E-state index >= 15 is 0 Å². The van der Waals surface area contributed by atoms with Crippen molar-refractivity contribution in [3.63, 3.8) is 0 Å². The highest BCUT2D eigenvalue weighted by molar-refractivity contribution is 6.35. The predicted molar refractivity (Wildman–Crippen MR) is 84.0 cm³/mol. The molecule has 7 heteroatoms. The lowest BCUT2D eigenvalue weighted by Gasteiger charge is -2.10. The summed E-state index contributed by atoms with van der Waals surface area (Å²) in [6.07, 6.45) is -1.29. The van der Waals surface area contributed by atoms with Crippen LogP contribution in [0.3, 0.4) is 0 Å². The minimum atomic E-state index is -4.52. The van der Waals surface area contributed by atoms with Crippen LogP contribution in [0.5, 0.6) is 0 Å². The van der Waals surface area contributed by atoms with E-state index in [-0.39, 0.29) is 16.8 Å². The molecule has 0 atom stereocenters. The number of aromatic amines is 1. The van der Waals surface area contributed by atoms with E-state index in [1.807, 2.05) is 6.07 Å². The molecular weight excluding hydrogens is 319 g/mol. The van der Waals surface area contributed by atoms with Crippen LogP contribution >= 0.6 is 0 Å². The molecule has 0 spiro atoms. The van der Waals surface area contributed by atoms with E-state index in [0.717, 1.165) is 17.0 Å². The molecular formula is C17H10F3N3O. The van der Waals surface area contributed by atoms with Gasteiger partial charge in [0.05, 0.1) is 23.0 Å². The lowest BCUT2D eigenvalue weighted by atomic mass is 10.0. The molecule has 0 aliphatic carbocycles. The maximum Gasteiger partial charge on any atom is 0.418 e. The van der Waals surface area contributed by atoms with Crippen LogP contribution in [-0.2, 0) is 11.0 Å². The van der Waals surface area contributed by atoms with Gasteiger partial charge >= 0.3 is 6.18 Å². The highest BCUT2D eigenvalue weighted by atomic mass is 19.4. The zero-order valence-corrected chi connectivity index (χ0v) is 12.1. The number of carbonyl (C=O) groups excluding carboxylic acids is 1. The van der Waals surface area contributed by atoms with Gasteiger partial charge in [-0.05, 0) is 23.8 Å². The molecule has 2 heterocycles. The van der Waals surface area contributed by atoms with Gasteiger partial charge in [-0.1, -0.05) is 24.3 Å². The topological polar surface area (TPSA) is 57.8 Å². The number of rotatable bonds is 1. The Morgan fingerprint density at radius 1 is 1.12 bits per heavy atom. The molecule has 1 amide bonds. The largest absolute Gasteiger partial charge is 0.418 e. The van der Waals surface area contributed by atoms with Crippen molar-refractivity contribution in [2.24, 2.45) is 0 Å². The van der Waals surface area contributed by atoms with Crippen LogP contribution in [0, 0.1) is 0 Å². The van der Waals surface area contributed by atoms with Crippen molar-refractivity contribution >= 4 is 34.1 Å². The fraction of sp³-hybridized carbons (Fsp3) is 0.0588. The monoisotopic (exact) mass is 329 g/mol. The van der Waals surface area contributed by atoms with E-state index in [1.165, 1.54) is 12.1 Å². The molecule has 24 heavy (non-hydrogen) atoms. The predicted octanol–water partition coefficient (Wildman–Crippen LogP) is 4.07. The van der Waals surface area contributed by atoms with E-state index in [4.69, 9.17) is 0 Å². The van der Waals surface area contributed by atoms with Crippen molar-refractivity contribution in [1.82, 2.24) is 10.2 Å². The Kier molecular flexibility index (Phi) is 2.99. The number of amides is 1. The van der Waals surface area contributed by atoms with Crippen molar-refractivity contribution in [1.29, 1.82) is 0 Å². The Morgan fingerprint density at radius 3 is 2.75 bits per heavy atom. The number of aromatic nitrogens is 2. The van der Waals surface area contributed by atoms with Gasteiger partial charge in [0.15, 0.2) is 0 Å². The van der Waals surface area contributed by atoms with Crippen molar-refractivity contribution in [3.05, 3.63) is 59.3 Å². The van der Waals surface area contributed by atoms with Crippen molar-refractivity contribution in [3.8, 4) is 0 Å². The zero-order valence-electron chi connectivity index (χ0n) is 12.1. The minimum Gasteiger partial charge on any atom is -0.321 e. The summed E-state index contributed by atoms with van der Waals surface area (Å²) in [5.74, 6) is -0.550. The fourth-order valence-electron chi connectivity index (χ4n) is 2.81. The summed E-state index contributed by atoms with van der Waals surface area (Å²) in [4.78, 5) is 12.2. The maximum absolute atomic E-state index is 13.1. The Bertz CT molecular complexity index is 1000. The van der Waals surface area contributed by atoms with Crippen LogP contribution in [-0.4, -0.2) is 16.1 Å². The second kappa shape index (κ2) is 4.95. The molecule has 1 aromatic heterocycles. The first-order valence-electron chi connectivity index (χ1n) is 7.10. The number of anilines is 1. The molecule has 4 rings (SSSR count). The molecule has 0 saturated heterocycles. The smallest absolute Gasteiger partial charge is 0.321 e. The van der Waals surface area contributed by atoms with Gasteiger partial charge in [0.25, 0.3) is 5.91 Å². The number of carbonyl (C=O) groups is 1. The minimum absolute atomic E-state index is 0.191. The summed E-state index contributed by atoms with van der Waals surface area (Å²) in [7, 11) is 0. The Balaban J connectivity index is 1.84. The number of para-hydroxylation sites is 1. The average molecular weight is 329 g/mol. The number of nitrogens with zero attached hydrogens (tertiary/aromatic N) is 1. The third-order valence-electron chi connectivity index (χ3n) is 3.92. The molecule has 2 aromatic carbocycles. The first-order valence-corrected chi connectivity index (χ1v) is 7.10. The van der Waals surface area contributed by atoms with Crippen LogP contribution in [0.2, 0.25) is 0 Å². The lowest BCUT2D eigenvalue weighted by molar-refractivity contribution is -0.136. The Labute approximate surface area is 134 Å².